The molecule has 0 spiro atoms. The number of cyclic esters (lactones) is 1. The van der Waals surface area contributed by atoms with Crippen LogP contribution in [0.15, 0.2) is 24.3 Å². The molecule has 3 saturated heterocycles. The Morgan fingerprint density at radius 3 is 2.11 bits per heavy atom. The van der Waals surface area contributed by atoms with Gasteiger partial charge in [0.2, 0.25) is 0 Å². The van der Waals surface area contributed by atoms with Gasteiger partial charge in [0.05, 0.1) is 44.0 Å². The lowest BCUT2D eigenvalue weighted by molar-refractivity contribution is -0.345. The number of nitrogens with zero attached hydrogens (tertiary/aromatic N) is 2. The molecule has 0 amide bonds. The molecule has 0 radical (unpaired) electrons. The normalized spacial score (nSPS) is 35.0. The number of aliphatic hydroxyl groups is 2. The first-order chi connectivity index (χ1) is 33.6. The first kappa shape index (κ1) is 60.0. The molecule has 0 aliphatic carbocycles. The van der Waals surface area contributed by atoms with Gasteiger partial charge in [-0.25, -0.2) is 0 Å². The van der Waals surface area contributed by atoms with Gasteiger partial charge >= 0.3 is 23.9 Å². The molecule has 406 valence electrons. The van der Waals surface area contributed by atoms with Crippen molar-refractivity contribution in [1.29, 1.82) is 0 Å². The smallest absolute Gasteiger partial charge is 0.309 e. The quantitative estimate of drug-likeness (QED) is 0.120. The maximum atomic E-state index is 13.9. The van der Waals surface area contributed by atoms with E-state index in [1.165, 1.54) is 28.3 Å². The van der Waals surface area contributed by atoms with E-state index >= 15 is 0 Å². The van der Waals surface area contributed by atoms with Gasteiger partial charge in [-0.2, -0.15) is 0 Å². The lowest BCUT2D eigenvalue weighted by Crippen LogP contribution is -2.66. The lowest BCUT2D eigenvalue weighted by atomic mass is 9.82. The third-order valence-electron chi connectivity index (χ3n) is 13.8. The number of hydrogen-bond donors (Lipinski definition) is 2. The summed E-state index contributed by atoms with van der Waals surface area (Å²) in [4.78, 5) is 55.9. The zero-order valence-electron chi connectivity index (χ0n) is 44.4. The van der Waals surface area contributed by atoms with Crippen LogP contribution in [0.3, 0.4) is 0 Å². The SMILES string of the molecule is CCC(=O)O[C@@H]1CC(=O)O[C@H](C)CCN(Cc2ccc(OC)cc2)C[C@H](O)[C@H](C)C[C@H](CC(OC)OC)[C@H](O[C@@H]2O[C@H](C)[C@@H](O[C@H]3C[C@@](C)(OC(C)=O)[C@@H](OC(=O)CC)[C@H](C)O3)[C@H](N(C)C)[C@H]2O)[C@H]1OC. The van der Waals surface area contributed by atoms with Gasteiger partial charge < -0.3 is 72.0 Å². The fourth-order valence-electron chi connectivity index (χ4n) is 9.99. The van der Waals surface area contributed by atoms with Gasteiger partial charge in [-0.3, -0.25) is 24.1 Å². The minimum atomic E-state index is -1.42. The van der Waals surface area contributed by atoms with Gasteiger partial charge in [-0.05, 0) is 84.2 Å². The predicted molar refractivity (Wildman–Crippen MR) is 257 cm³/mol. The number of hydrogen-bond acceptors (Lipinski definition) is 20. The number of methoxy groups -OCH3 is 4. The second-order valence-electron chi connectivity index (χ2n) is 19.6. The summed E-state index contributed by atoms with van der Waals surface area (Å²) in [6.07, 6.45) is -12.3. The van der Waals surface area contributed by atoms with E-state index in [1.807, 2.05) is 31.2 Å². The van der Waals surface area contributed by atoms with E-state index in [0.717, 1.165) is 11.3 Å². The molecule has 1 aromatic carbocycles. The fraction of sp³-hybridized carbons (Fsp3) is 0.804. The van der Waals surface area contributed by atoms with Gasteiger partial charge in [0.15, 0.2) is 30.6 Å². The third-order valence-corrected chi connectivity index (χ3v) is 13.8. The van der Waals surface area contributed by atoms with Gasteiger partial charge in [0, 0.05) is 73.6 Å². The van der Waals surface area contributed by atoms with Crippen molar-refractivity contribution in [1.82, 2.24) is 9.80 Å². The van der Waals surface area contributed by atoms with Crippen molar-refractivity contribution in [3.63, 3.8) is 0 Å². The second-order valence-corrected chi connectivity index (χ2v) is 19.6. The average molecular weight is 1010 g/mol. The summed E-state index contributed by atoms with van der Waals surface area (Å²) in [6, 6.07) is 6.89. The number of esters is 4. The van der Waals surface area contributed by atoms with Gasteiger partial charge in [0.25, 0.3) is 0 Å². The molecule has 3 fully saturated rings. The number of likely N-dealkylation sites (N-methyl/N-ethyl adjacent to an activating group) is 1. The Morgan fingerprint density at radius 1 is 0.887 bits per heavy atom. The highest BCUT2D eigenvalue weighted by Crippen LogP contribution is 2.40. The number of rotatable bonds is 18. The standard InChI is InChI=1S/C51H84N2O18/c1-15-39(56)67-38-25-41(58)64-30(4)21-22-53(27-34-17-19-36(60-11)20-18-34)28-37(55)29(3)23-35(24-42(61-12)62-13)47(48(38)63-14)70-50-45(59)44(52(9)10)46(31(5)66-50)69-43-26-51(8,71-33(7)54)49(32(6)65-43)68-40(57)16-2/h17-20,29-32,35,37-38,42-50,55,59H,15-16,21-28H2,1-14H3/t29-,30-,31-,32+,35-,37+,38-,43+,44-,45-,46-,47+,48+,49+,50+,51-/m1/s1. The molecule has 0 unspecified atom stereocenters. The number of carbonyl (C=O) groups excluding carboxylic acids is 4. The van der Waals surface area contributed by atoms with E-state index in [1.54, 1.807) is 67.6 Å². The first-order valence-electron chi connectivity index (χ1n) is 25.0. The molecule has 3 aliphatic heterocycles. The van der Waals surface area contributed by atoms with Crippen molar-refractivity contribution in [2.24, 2.45) is 11.8 Å². The van der Waals surface area contributed by atoms with E-state index in [0.29, 0.717) is 19.5 Å². The summed E-state index contributed by atoms with van der Waals surface area (Å²) in [6.45, 7) is 14.7. The van der Waals surface area contributed by atoms with Crippen LogP contribution in [-0.4, -0.2) is 191 Å². The molecule has 0 aromatic heterocycles. The Bertz CT molecular complexity index is 1800. The third kappa shape index (κ3) is 17.0. The summed E-state index contributed by atoms with van der Waals surface area (Å²) >= 11 is 0. The van der Waals surface area contributed by atoms with Gasteiger partial charge in [-0.15, -0.1) is 0 Å². The number of β-amino-alcohol motifs (C(OH)–C–C–N with tert-alkyl or cyclic N) is 1. The van der Waals surface area contributed by atoms with Crippen molar-refractivity contribution in [3.05, 3.63) is 29.8 Å². The fourth-order valence-corrected chi connectivity index (χ4v) is 9.99. The summed E-state index contributed by atoms with van der Waals surface area (Å²) in [5, 5.41) is 24.6. The van der Waals surface area contributed by atoms with Crippen molar-refractivity contribution in [3.8, 4) is 5.75 Å². The zero-order valence-corrected chi connectivity index (χ0v) is 44.4. The van der Waals surface area contributed by atoms with Crippen LogP contribution in [0.4, 0.5) is 0 Å². The summed E-state index contributed by atoms with van der Waals surface area (Å²) in [7, 11) is 9.58. The first-order valence-corrected chi connectivity index (χ1v) is 25.0. The van der Waals surface area contributed by atoms with Crippen LogP contribution >= 0.6 is 0 Å². The Labute approximate surface area is 420 Å². The van der Waals surface area contributed by atoms with Crippen molar-refractivity contribution >= 4 is 23.9 Å². The van der Waals surface area contributed by atoms with Crippen LogP contribution in [0.1, 0.15) is 106 Å². The largest absolute Gasteiger partial charge is 0.497 e. The molecule has 16 atom stereocenters. The van der Waals surface area contributed by atoms with Crippen LogP contribution in [0.25, 0.3) is 0 Å². The maximum Gasteiger partial charge on any atom is 0.309 e. The van der Waals surface area contributed by atoms with Crippen molar-refractivity contribution < 1.29 is 86.2 Å². The Hall–Kier alpha value is -3.54. The van der Waals surface area contributed by atoms with E-state index in [-0.39, 0.29) is 38.6 Å². The number of benzene rings is 1. The maximum absolute atomic E-state index is 13.9. The summed E-state index contributed by atoms with van der Waals surface area (Å²) in [5.41, 5.74) is -0.325. The Morgan fingerprint density at radius 2 is 1.54 bits per heavy atom. The monoisotopic (exact) mass is 1010 g/mol. The molecule has 3 heterocycles. The molecular weight excluding hydrogens is 929 g/mol. The molecule has 71 heavy (non-hydrogen) atoms. The van der Waals surface area contributed by atoms with Crippen molar-refractivity contribution in [2.75, 3.05) is 55.6 Å². The highest BCUT2D eigenvalue weighted by Gasteiger charge is 2.54. The van der Waals surface area contributed by atoms with E-state index in [9.17, 15) is 29.4 Å². The van der Waals surface area contributed by atoms with Crippen LogP contribution in [0.2, 0.25) is 0 Å². The van der Waals surface area contributed by atoms with Crippen LogP contribution < -0.4 is 4.74 Å². The Balaban J connectivity index is 1.76. The zero-order chi connectivity index (χ0) is 52.7. The Kier molecular flexibility index (Phi) is 23.9. The highest BCUT2D eigenvalue weighted by molar-refractivity contribution is 5.73. The van der Waals surface area contributed by atoms with Gasteiger partial charge in [-0.1, -0.05) is 32.9 Å². The van der Waals surface area contributed by atoms with E-state index < -0.39 is 134 Å². The molecule has 0 bridgehead atoms. The van der Waals surface area contributed by atoms with Crippen molar-refractivity contribution in [2.45, 2.75) is 198 Å². The second kappa shape index (κ2) is 28.2. The average Bonchev–Trinajstić information content (AvgIpc) is 3.31. The number of carbonyl (C=O) groups is 4. The predicted octanol–water partition coefficient (Wildman–Crippen LogP) is 4.16. The molecule has 20 heteroatoms. The molecule has 4 rings (SSSR count). The topological polar surface area (TPSA) is 226 Å². The lowest BCUT2D eigenvalue weighted by Gasteiger charge is -2.51. The highest BCUT2D eigenvalue weighted by atomic mass is 16.7. The molecule has 2 N–H and O–H groups in total. The van der Waals surface area contributed by atoms with E-state index in [2.05, 4.69) is 4.90 Å². The number of ether oxygens (including phenoxy) is 12. The molecule has 0 saturated carbocycles. The summed E-state index contributed by atoms with van der Waals surface area (Å²) < 4.78 is 73.1. The molecular formula is C51H84N2O18. The molecule has 20 nitrogen and oxygen atoms in total. The molecule has 3 aliphatic rings. The number of aliphatic hydroxyl groups excluding tert-OH is 2. The minimum absolute atomic E-state index is 0.00204. The minimum Gasteiger partial charge on any atom is -0.497 e. The van der Waals surface area contributed by atoms with E-state index in [4.69, 9.17) is 56.8 Å². The van der Waals surface area contributed by atoms with Crippen LogP contribution in [-0.2, 0) is 77.8 Å². The molecule has 1 aromatic rings. The summed E-state index contributed by atoms with van der Waals surface area (Å²) in [5.74, 6) is -2.58. The van der Waals surface area contributed by atoms with Gasteiger partial charge in [0.1, 0.15) is 36.3 Å². The van der Waals surface area contributed by atoms with Crippen LogP contribution in [0.5, 0.6) is 5.75 Å². The van der Waals surface area contributed by atoms with Crippen LogP contribution in [0, 0.1) is 11.8 Å².